The highest BCUT2D eigenvalue weighted by Crippen LogP contribution is 2.04. The van der Waals surface area contributed by atoms with Gasteiger partial charge in [0.1, 0.15) is 0 Å². The highest BCUT2D eigenvalue weighted by atomic mass is 32.2. The van der Waals surface area contributed by atoms with Crippen LogP contribution in [-0.2, 0) is 22.0 Å². The molecule has 112 valence electrons. The zero-order chi connectivity index (χ0) is 15.0. The van der Waals surface area contributed by atoms with E-state index in [1.807, 2.05) is 37.3 Å². The second kappa shape index (κ2) is 8.87. The van der Waals surface area contributed by atoms with E-state index in [2.05, 4.69) is 5.32 Å². The third-order valence-corrected chi connectivity index (χ3v) is 3.96. The van der Waals surface area contributed by atoms with E-state index in [4.69, 9.17) is 5.73 Å². The molecular formula is C15H24N2O2S. The van der Waals surface area contributed by atoms with Gasteiger partial charge < -0.3 is 11.1 Å². The lowest BCUT2D eigenvalue weighted by Crippen LogP contribution is -2.45. The molecule has 0 fully saturated rings. The molecule has 5 heteroatoms. The highest BCUT2D eigenvalue weighted by molar-refractivity contribution is 7.84. The zero-order valence-corrected chi connectivity index (χ0v) is 13.0. The third-order valence-electron chi connectivity index (χ3n) is 3.15. The Morgan fingerprint density at radius 3 is 2.55 bits per heavy atom. The lowest BCUT2D eigenvalue weighted by atomic mass is 10.1. The van der Waals surface area contributed by atoms with Gasteiger partial charge in [-0.15, -0.1) is 0 Å². The first kappa shape index (κ1) is 16.9. The van der Waals surface area contributed by atoms with Crippen molar-refractivity contribution in [2.75, 3.05) is 12.0 Å². The summed E-state index contributed by atoms with van der Waals surface area (Å²) in [6.45, 7) is 1.91. The SMILES string of the molecule is CC(CCS(C)=O)NC(=O)C(N)CCc1ccccc1. The largest absolute Gasteiger partial charge is 0.352 e. The highest BCUT2D eigenvalue weighted by Gasteiger charge is 2.15. The summed E-state index contributed by atoms with van der Waals surface area (Å²) in [6, 6.07) is 9.50. The molecule has 0 bridgehead atoms. The van der Waals surface area contributed by atoms with E-state index in [0.29, 0.717) is 18.6 Å². The van der Waals surface area contributed by atoms with Gasteiger partial charge in [0, 0.05) is 28.9 Å². The van der Waals surface area contributed by atoms with Crippen LogP contribution in [0.3, 0.4) is 0 Å². The van der Waals surface area contributed by atoms with E-state index in [1.165, 1.54) is 5.56 Å². The van der Waals surface area contributed by atoms with Crippen LogP contribution in [0.1, 0.15) is 25.3 Å². The lowest BCUT2D eigenvalue weighted by molar-refractivity contribution is -0.123. The van der Waals surface area contributed by atoms with Crippen LogP contribution in [0.5, 0.6) is 0 Å². The molecule has 1 aromatic rings. The van der Waals surface area contributed by atoms with E-state index in [9.17, 15) is 9.00 Å². The average Bonchev–Trinajstić information content (AvgIpc) is 2.43. The summed E-state index contributed by atoms with van der Waals surface area (Å²) in [4.78, 5) is 11.9. The Morgan fingerprint density at radius 1 is 1.30 bits per heavy atom. The lowest BCUT2D eigenvalue weighted by Gasteiger charge is -2.17. The van der Waals surface area contributed by atoms with E-state index >= 15 is 0 Å². The van der Waals surface area contributed by atoms with Gasteiger partial charge >= 0.3 is 0 Å². The molecule has 3 N–H and O–H groups in total. The number of hydrogen-bond donors (Lipinski definition) is 2. The Bertz CT molecular complexity index is 437. The van der Waals surface area contributed by atoms with E-state index in [0.717, 1.165) is 6.42 Å². The summed E-state index contributed by atoms with van der Waals surface area (Å²) in [6.07, 6.45) is 3.80. The molecule has 20 heavy (non-hydrogen) atoms. The monoisotopic (exact) mass is 296 g/mol. The number of aryl methyl sites for hydroxylation is 1. The molecule has 0 aliphatic carbocycles. The Kier molecular flexibility index (Phi) is 7.47. The number of hydrogen-bond acceptors (Lipinski definition) is 3. The standard InChI is InChI=1S/C15H24N2O2S/c1-12(10-11-20(2)19)17-15(18)14(16)9-8-13-6-4-3-5-7-13/h3-7,12,14H,8-11,16H2,1-2H3,(H,17,18). The molecule has 1 amide bonds. The maximum atomic E-state index is 11.9. The molecule has 0 saturated heterocycles. The minimum absolute atomic E-state index is 0.00850. The summed E-state index contributed by atoms with van der Waals surface area (Å²) in [5.41, 5.74) is 7.08. The normalized spacial score (nSPS) is 15.3. The summed E-state index contributed by atoms with van der Waals surface area (Å²) < 4.78 is 11.0. The van der Waals surface area contributed by atoms with Crippen LogP contribution in [0, 0.1) is 0 Å². The van der Waals surface area contributed by atoms with Gasteiger partial charge in [-0.05, 0) is 31.7 Å². The maximum absolute atomic E-state index is 11.9. The maximum Gasteiger partial charge on any atom is 0.237 e. The number of rotatable bonds is 8. The van der Waals surface area contributed by atoms with Crippen LogP contribution >= 0.6 is 0 Å². The molecule has 0 aliphatic heterocycles. The first-order chi connectivity index (χ1) is 9.49. The van der Waals surface area contributed by atoms with Crippen molar-refractivity contribution in [3.63, 3.8) is 0 Å². The van der Waals surface area contributed by atoms with Gasteiger partial charge in [0.25, 0.3) is 0 Å². The van der Waals surface area contributed by atoms with E-state index in [-0.39, 0.29) is 11.9 Å². The Morgan fingerprint density at radius 2 is 1.95 bits per heavy atom. The minimum Gasteiger partial charge on any atom is -0.352 e. The van der Waals surface area contributed by atoms with Crippen LogP contribution in [0.4, 0.5) is 0 Å². The van der Waals surface area contributed by atoms with E-state index in [1.54, 1.807) is 6.26 Å². The first-order valence-electron chi connectivity index (χ1n) is 6.89. The fourth-order valence-electron chi connectivity index (χ4n) is 1.86. The number of carbonyl (C=O) groups excluding carboxylic acids is 1. The molecular weight excluding hydrogens is 272 g/mol. The van der Waals surface area contributed by atoms with Crippen molar-refractivity contribution >= 4 is 16.7 Å². The number of nitrogens with one attached hydrogen (secondary N) is 1. The summed E-state index contributed by atoms with van der Waals surface area (Å²) in [5, 5.41) is 2.87. The fourth-order valence-corrected chi connectivity index (χ4v) is 2.55. The Labute approximate surface area is 123 Å². The molecule has 4 nitrogen and oxygen atoms in total. The number of nitrogens with two attached hydrogens (primary N) is 1. The van der Waals surface area contributed by atoms with Gasteiger partial charge in [0.2, 0.25) is 5.91 Å². The van der Waals surface area contributed by atoms with Gasteiger partial charge in [-0.3, -0.25) is 9.00 Å². The van der Waals surface area contributed by atoms with Crippen LogP contribution in [0.25, 0.3) is 0 Å². The second-order valence-electron chi connectivity index (χ2n) is 5.11. The van der Waals surface area contributed by atoms with Crippen LogP contribution in [0.2, 0.25) is 0 Å². The molecule has 0 aliphatic rings. The van der Waals surface area contributed by atoms with Crippen molar-refractivity contribution < 1.29 is 9.00 Å². The average molecular weight is 296 g/mol. The van der Waals surface area contributed by atoms with Crippen molar-refractivity contribution in [3.8, 4) is 0 Å². The molecule has 3 atom stereocenters. The molecule has 0 saturated carbocycles. The van der Waals surface area contributed by atoms with Crippen molar-refractivity contribution in [2.24, 2.45) is 5.73 Å². The smallest absolute Gasteiger partial charge is 0.237 e. The molecule has 0 spiro atoms. The summed E-state index contributed by atoms with van der Waals surface area (Å²) in [5.74, 6) is 0.469. The van der Waals surface area contributed by atoms with Crippen molar-refractivity contribution in [3.05, 3.63) is 35.9 Å². The fraction of sp³-hybridized carbons (Fsp3) is 0.533. The molecule has 0 heterocycles. The Balaban J connectivity index is 2.30. The number of benzene rings is 1. The molecule has 1 aromatic carbocycles. The van der Waals surface area contributed by atoms with Gasteiger partial charge in [-0.2, -0.15) is 0 Å². The van der Waals surface area contributed by atoms with Gasteiger partial charge in [0.05, 0.1) is 6.04 Å². The van der Waals surface area contributed by atoms with Crippen molar-refractivity contribution in [1.82, 2.24) is 5.32 Å². The van der Waals surface area contributed by atoms with E-state index < -0.39 is 16.8 Å². The second-order valence-corrected chi connectivity index (χ2v) is 6.66. The third kappa shape index (κ3) is 6.82. The van der Waals surface area contributed by atoms with Gasteiger partial charge in [-0.25, -0.2) is 0 Å². The van der Waals surface area contributed by atoms with Crippen LogP contribution in [-0.4, -0.2) is 34.2 Å². The summed E-state index contributed by atoms with van der Waals surface area (Å²) >= 11 is 0. The quantitative estimate of drug-likeness (QED) is 0.757. The van der Waals surface area contributed by atoms with Crippen LogP contribution in [0.15, 0.2) is 30.3 Å². The van der Waals surface area contributed by atoms with Crippen molar-refractivity contribution in [2.45, 2.75) is 38.3 Å². The number of amides is 1. The molecule has 0 aromatic heterocycles. The van der Waals surface area contributed by atoms with Gasteiger partial charge in [0.15, 0.2) is 0 Å². The number of carbonyl (C=O) groups is 1. The topological polar surface area (TPSA) is 72.2 Å². The first-order valence-corrected chi connectivity index (χ1v) is 8.61. The van der Waals surface area contributed by atoms with Gasteiger partial charge in [-0.1, -0.05) is 30.3 Å². The molecule has 0 radical (unpaired) electrons. The predicted octanol–water partition coefficient (Wildman–Crippen LogP) is 1.22. The zero-order valence-electron chi connectivity index (χ0n) is 12.2. The molecule has 1 rings (SSSR count). The molecule has 3 unspecified atom stereocenters. The summed E-state index contributed by atoms with van der Waals surface area (Å²) in [7, 11) is -0.823. The Hall–Kier alpha value is -1.20. The predicted molar refractivity (Wildman–Crippen MR) is 83.9 cm³/mol. The van der Waals surface area contributed by atoms with Crippen molar-refractivity contribution in [1.29, 1.82) is 0 Å². The minimum atomic E-state index is -0.823. The van der Waals surface area contributed by atoms with Crippen LogP contribution < -0.4 is 11.1 Å².